The number of thiazole rings is 1. The summed E-state index contributed by atoms with van der Waals surface area (Å²) in [5, 5.41) is 2.99. The predicted octanol–water partition coefficient (Wildman–Crippen LogP) is 3.02. The summed E-state index contributed by atoms with van der Waals surface area (Å²) in [6.07, 6.45) is 2.47. The number of aryl methyl sites for hydroxylation is 2. The number of nitrogens with zero attached hydrogens (tertiary/aromatic N) is 1. The van der Waals surface area contributed by atoms with Gasteiger partial charge in [-0.15, -0.1) is 11.3 Å². The molecule has 22 heavy (non-hydrogen) atoms. The average Bonchev–Trinajstić information content (AvgIpc) is 3.06. The van der Waals surface area contributed by atoms with E-state index in [0.717, 1.165) is 29.8 Å². The molecule has 2 aromatic rings. The Morgan fingerprint density at radius 1 is 1.50 bits per heavy atom. The summed E-state index contributed by atoms with van der Waals surface area (Å²) in [6.45, 7) is 4.63. The van der Waals surface area contributed by atoms with Crippen LogP contribution in [-0.2, 0) is 24.2 Å². The molecule has 1 atom stereocenters. The molecule has 1 aromatic carbocycles. The van der Waals surface area contributed by atoms with Crippen LogP contribution in [-0.4, -0.2) is 17.0 Å². The highest BCUT2D eigenvalue weighted by Crippen LogP contribution is 2.29. The van der Waals surface area contributed by atoms with Gasteiger partial charge in [0.05, 0.1) is 11.2 Å². The van der Waals surface area contributed by atoms with E-state index in [1.54, 1.807) is 11.3 Å². The first-order valence-electron chi connectivity index (χ1n) is 7.56. The van der Waals surface area contributed by atoms with Crippen LogP contribution < -0.4 is 10.1 Å². The molecule has 0 bridgehead atoms. The number of amides is 1. The first-order valence-corrected chi connectivity index (χ1v) is 8.44. The van der Waals surface area contributed by atoms with Crippen LogP contribution in [0.1, 0.15) is 35.0 Å². The Hall–Kier alpha value is -1.88. The Morgan fingerprint density at radius 3 is 3.14 bits per heavy atom. The lowest BCUT2D eigenvalue weighted by atomic mass is 10.1. The van der Waals surface area contributed by atoms with Crippen molar-refractivity contribution in [3.63, 3.8) is 0 Å². The Bertz CT molecular complexity index is 681. The summed E-state index contributed by atoms with van der Waals surface area (Å²) >= 11 is 1.61. The molecular weight excluding hydrogens is 296 g/mol. The molecule has 0 fully saturated rings. The summed E-state index contributed by atoms with van der Waals surface area (Å²) in [4.78, 5) is 17.4. The van der Waals surface area contributed by atoms with Crippen molar-refractivity contribution in [2.75, 3.05) is 0 Å². The molecule has 0 aliphatic carbocycles. The van der Waals surface area contributed by atoms with Crippen molar-refractivity contribution in [3.8, 4) is 5.75 Å². The van der Waals surface area contributed by atoms with E-state index in [2.05, 4.69) is 23.3 Å². The molecule has 2 heterocycles. The minimum atomic E-state index is 0.0814. The van der Waals surface area contributed by atoms with Gasteiger partial charge in [-0.2, -0.15) is 0 Å². The van der Waals surface area contributed by atoms with Crippen molar-refractivity contribution in [3.05, 3.63) is 45.4 Å². The smallest absolute Gasteiger partial charge is 0.220 e. The third-order valence-corrected chi connectivity index (χ3v) is 4.87. The minimum Gasteiger partial charge on any atom is -0.490 e. The van der Waals surface area contributed by atoms with Crippen molar-refractivity contribution in [2.45, 2.75) is 45.8 Å². The highest BCUT2D eigenvalue weighted by molar-refractivity contribution is 7.09. The molecule has 1 aromatic heterocycles. The third-order valence-electron chi connectivity index (χ3n) is 3.87. The molecule has 1 aliphatic heterocycles. The van der Waals surface area contributed by atoms with E-state index in [-0.39, 0.29) is 12.0 Å². The predicted molar refractivity (Wildman–Crippen MR) is 87.3 cm³/mol. The first kappa shape index (κ1) is 15.0. The van der Waals surface area contributed by atoms with Crippen LogP contribution >= 0.6 is 11.3 Å². The largest absolute Gasteiger partial charge is 0.490 e. The van der Waals surface area contributed by atoms with Gasteiger partial charge in [-0.25, -0.2) is 4.98 Å². The van der Waals surface area contributed by atoms with Crippen LogP contribution in [0.2, 0.25) is 0 Å². The molecular formula is C17H20N2O2S. The zero-order chi connectivity index (χ0) is 15.5. The SMILES string of the molecule is Cc1ncsc1CCC(=O)NCc1ccc2c(c1)C[C@H](C)O2. The molecule has 0 radical (unpaired) electrons. The fourth-order valence-corrected chi connectivity index (χ4v) is 3.45. The lowest BCUT2D eigenvalue weighted by molar-refractivity contribution is -0.121. The maximum absolute atomic E-state index is 12.0. The van der Waals surface area contributed by atoms with Crippen molar-refractivity contribution in [1.82, 2.24) is 10.3 Å². The van der Waals surface area contributed by atoms with E-state index >= 15 is 0 Å². The van der Waals surface area contributed by atoms with Gasteiger partial charge in [0.15, 0.2) is 0 Å². The average molecular weight is 316 g/mol. The molecule has 0 saturated heterocycles. The molecule has 0 unspecified atom stereocenters. The van der Waals surface area contributed by atoms with E-state index < -0.39 is 0 Å². The van der Waals surface area contributed by atoms with Gasteiger partial charge >= 0.3 is 0 Å². The van der Waals surface area contributed by atoms with Crippen molar-refractivity contribution < 1.29 is 9.53 Å². The zero-order valence-electron chi connectivity index (χ0n) is 12.9. The van der Waals surface area contributed by atoms with Gasteiger partial charge in [-0.05, 0) is 37.5 Å². The minimum absolute atomic E-state index is 0.0814. The number of carbonyl (C=O) groups is 1. The molecule has 3 rings (SSSR count). The molecule has 0 spiro atoms. The van der Waals surface area contributed by atoms with Crippen LogP contribution in [0.25, 0.3) is 0 Å². The highest BCUT2D eigenvalue weighted by Gasteiger charge is 2.18. The van der Waals surface area contributed by atoms with Gasteiger partial charge in [0.25, 0.3) is 0 Å². The molecule has 1 amide bonds. The van der Waals surface area contributed by atoms with Gasteiger partial charge in [-0.3, -0.25) is 4.79 Å². The number of aromatic nitrogens is 1. The second-order valence-corrected chi connectivity index (χ2v) is 6.65. The van der Waals surface area contributed by atoms with Gasteiger partial charge in [0.2, 0.25) is 5.91 Å². The fraction of sp³-hybridized carbons (Fsp3) is 0.412. The molecule has 4 nitrogen and oxygen atoms in total. The summed E-state index contributed by atoms with van der Waals surface area (Å²) in [5.74, 6) is 1.06. The van der Waals surface area contributed by atoms with E-state index in [0.29, 0.717) is 13.0 Å². The topological polar surface area (TPSA) is 51.2 Å². The van der Waals surface area contributed by atoms with Crippen molar-refractivity contribution >= 4 is 17.2 Å². The number of ether oxygens (including phenoxy) is 1. The van der Waals surface area contributed by atoms with E-state index in [4.69, 9.17) is 4.74 Å². The van der Waals surface area contributed by atoms with Crippen LogP contribution in [0.3, 0.4) is 0 Å². The number of nitrogens with one attached hydrogen (secondary N) is 1. The van der Waals surface area contributed by atoms with Gasteiger partial charge in [0, 0.05) is 24.3 Å². The van der Waals surface area contributed by atoms with Crippen LogP contribution in [0.4, 0.5) is 0 Å². The van der Waals surface area contributed by atoms with Crippen LogP contribution in [0.5, 0.6) is 5.75 Å². The monoisotopic (exact) mass is 316 g/mol. The molecule has 5 heteroatoms. The van der Waals surface area contributed by atoms with Gasteiger partial charge in [0.1, 0.15) is 11.9 Å². The summed E-state index contributed by atoms with van der Waals surface area (Å²) in [5.41, 5.74) is 5.22. The van der Waals surface area contributed by atoms with E-state index in [1.165, 1.54) is 10.4 Å². The van der Waals surface area contributed by atoms with Crippen molar-refractivity contribution in [2.24, 2.45) is 0 Å². The van der Waals surface area contributed by atoms with E-state index in [1.807, 2.05) is 24.6 Å². The lowest BCUT2D eigenvalue weighted by Crippen LogP contribution is -2.23. The summed E-state index contributed by atoms with van der Waals surface area (Å²) < 4.78 is 5.69. The lowest BCUT2D eigenvalue weighted by Gasteiger charge is -2.07. The second kappa shape index (κ2) is 6.48. The van der Waals surface area contributed by atoms with Crippen LogP contribution in [0, 0.1) is 6.92 Å². The maximum atomic E-state index is 12.0. The first-order chi connectivity index (χ1) is 10.6. The molecule has 116 valence electrons. The number of benzene rings is 1. The Kier molecular flexibility index (Phi) is 4.43. The van der Waals surface area contributed by atoms with Crippen molar-refractivity contribution in [1.29, 1.82) is 0 Å². The Balaban J connectivity index is 1.49. The number of hydrogen-bond donors (Lipinski definition) is 1. The zero-order valence-corrected chi connectivity index (χ0v) is 13.7. The fourth-order valence-electron chi connectivity index (χ4n) is 2.67. The maximum Gasteiger partial charge on any atom is 0.220 e. The van der Waals surface area contributed by atoms with Gasteiger partial charge in [-0.1, -0.05) is 12.1 Å². The molecule has 1 aliphatic rings. The quantitative estimate of drug-likeness (QED) is 0.922. The number of rotatable bonds is 5. The van der Waals surface area contributed by atoms with E-state index in [9.17, 15) is 4.79 Å². The normalized spacial score (nSPS) is 16.2. The number of carbonyl (C=O) groups excluding carboxylic acids is 1. The summed E-state index contributed by atoms with van der Waals surface area (Å²) in [6, 6.07) is 6.15. The Labute approximate surface area is 134 Å². The molecule has 1 N–H and O–H groups in total. The molecule has 0 saturated carbocycles. The van der Waals surface area contributed by atoms with Crippen LogP contribution in [0.15, 0.2) is 23.7 Å². The third kappa shape index (κ3) is 3.47. The number of hydrogen-bond acceptors (Lipinski definition) is 4. The standard InChI is InChI=1S/C17H20N2O2S/c1-11-7-14-8-13(3-4-15(14)21-11)9-18-17(20)6-5-16-12(2)19-10-22-16/h3-4,8,10-11H,5-7,9H2,1-2H3,(H,18,20)/t11-/m0/s1. The van der Waals surface area contributed by atoms with Gasteiger partial charge < -0.3 is 10.1 Å². The summed E-state index contributed by atoms with van der Waals surface area (Å²) in [7, 11) is 0. The second-order valence-electron chi connectivity index (χ2n) is 5.71. The number of fused-ring (bicyclic) bond motifs is 1. The highest BCUT2D eigenvalue weighted by atomic mass is 32.1. The Morgan fingerprint density at radius 2 is 2.36 bits per heavy atom.